The molecule has 2 aromatic heterocycles. The highest BCUT2D eigenvalue weighted by Gasteiger charge is 2.46. The number of nitrogen functional groups attached to an aromatic ring is 1. The second kappa shape index (κ2) is 11.3. The number of carbonyl (C=O) groups is 1. The van der Waals surface area contributed by atoms with Crippen LogP contribution in [0.4, 0.5) is 17.3 Å². The summed E-state index contributed by atoms with van der Waals surface area (Å²) in [4.78, 5) is 27.9. The number of allylic oxidation sites excluding steroid dienone is 2. The van der Waals surface area contributed by atoms with Crippen molar-refractivity contribution in [3.05, 3.63) is 51.6 Å². The second-order valence-corrected chi connectivity index (χ2v) is 13.6. The third kappa shape index (κ3) is 5.47. The fourth-order valence-corrected chi connectivity index (χ4v) is 7.51. The average molecular weight is 613 g/mol. The molecule has 8 nitrogen and oxygen atoms in total. The van der Waals surface area contributed by atoms with E-state index in [0.717, 1.165) is 67.7 Å². The van der Waals surface area contributed by atoms with Gasteiger partial charge >= 0.3 is 5.97 Å². The Morgan fingerprint density at radius 1 is 1.32 bits per heavy atom. The van der Waals surface area contributed by atoms with Gasteiger partial charge in [0.1, 0.15) is 18.6 Å². The summed E-state index contributed by atoms with van der Waals surface area (Å²) in [6, 6.07) is 1.77. The number of carbonyl (C=O) groups excluding carboxylic acids is 1. The molecule has 1 aliphatic heterocycles. The normalized spacial score (nSPS) is 28.4. The molecule has 2 aromatic rings. The van der Waals surface area contributed by atoms with Crippen LogP contribution < -0.4 is 15.5 Å². The molecule has 4 unspecified atom stereocenters. The number of hydrogen-bond donors (Lipinski definition) is 3. The summed E-state index contributed by atoms with van der Waals surface area (Å²) in [5.74, 6) is 1.88. The van der Waals surface area contributed by atoms with Crippen LogP contribution in [0.1, 0.15) is 83.1 Å². The number of H-pyrrole nitrogens is 1. The number of halogens is 1. The zero-order valence-corrected chi connectivity index (χ0v) is 26.2. The van der Waals surface area contributed by atoms with Crippen LogP contribution in [0.15, 0.2) is 45.9 Å². The number of nitrogens with two attached hydrogens (primary N) is 1. The quantitative estimate of drug-likeness (QED) is 0.266. The van der Waals surface area contributed by atoms with Crippen molar-refractivity contribution in [1.82, 2.24) is 15.0 Å². The molecule has 0 spiro atoms. The number of nitrogens with zero attached hydrogens (tertiary/aromatic N) is 3. The standard InChI is InChI=1S/C31H43BrN6O2/c1-20(11-14-38-19-37(5)28-26(38)27(33)35-18-36-28)10-13-31(4)21(2)8-9-23-24(31)7-6-12-30(23,3)17-40-29(39)25-15-22(32)16-34-25/h11,15-16,18,21,34H,6-10,12-14,17,19H2,1-5H3,(H2,33,35,36)/p+1. The van der Waals surface area contributed by atoms with E-state index in [4.69, 9.17) is 10.5 Å². The van der Waals surface area contributed by atoms with Crippen LogP contribution in [0.25, 0.3) is 0 Å². The van der Waals surface area contributed by atoms with Crippen LogP contribution in [0.2, 0.25) is 0 Å². The molecular formula is C31H44BrN6O2+. The maximum absolute atomic E-state index is 12.7. The Labute approximate surface area is 246 Å². The van der Waals surface area contributed by atoms with Gasteiger partial charge in [0.05, 0.1) is 7.05 Å². The van der Waals surface area contributed by atoms with Gasteiger partial charge in [0.2, 0.25) is 0 Å². The van der Waals surface area contributed by atoms with Gasteiger partial charge in [0.25, 0.3) is 5.82 Å². The average Bonchev–Trinajstić information content (AvgIpc) is 3.51. The Hall–Kier alpha value is -2.65. The highest BCUT2D eigenvalue weighted by molar-refractivity contribution is 9.10. The number of hydrogen-bond acceptors (Lipinski definition) is 6. The van der Waals surface area contributed by atoms with Crippen LogP contribution in [-0.4, -0.2) is 47.8 Å². The maximum atomic E-state index is 12.7. The SMILES string of the molecule is CC(=CCN1C[NH+](C)c2ncnc(N)c21)CCC1(C)C2=C(CCC1C)C(C)(COC(=O)c1cc(Br)c[nH]1)CCC2. The van der Waals surface area contributed by atoms with Gasteiger partial charge in [-0.15, -0.1) is 0 Å². The molecule has 3 heterocycles. The van der Waals surface area contributed by atoms with Crippen molar-refractivity contribution in [1.29, 1.82) is 0 Å². The number of fused-ring (bicyclic) bond motifs is 1. The van der Waals surface area contributed by atoms with Gasteiger partial charge in [-0.3, -0.25) is 4.90 Å². The molecule has 3 aliphatic rings. The van der Waals surface area contributed by atoms with E-state index in [1.165, 1.54) is 16.9 Å². The molecular weight excluding hydrogens is 568 g/mol. The molecule has 0 amide bonds. The van der Waals surface area contributed by atoms with Gasteiger partial charge in [-0.2, -0.15) is 4.98 Å². The summed E-state index contributed by atoms with van der Waals surface area (Å²) in [6.07, 6.45) is 13.5. The molecule has 40 heavy (non-hydrogen) atoms. The minimum atomic E-state index is -0.283. The number of ether oxygens (including phenoxy) is 1. The minimum Gasteiger partial charge on any atom is -0.460 e. The second-order valence-electron chi connectivity index (χ2n) is 12.7. The fraction of sp³-hybridized carbons (Fsp3) is 0.581. The van der Waals surface area contributed by atoms with E-state index in [1.54, 1.807) is 29.7 Å². The number of nitrogens with one attached hydrogen (secondary N) is 2. The van der Waals surface area contributed by atoms with Gasteiger partial charge in [0.15, 0.2) is 18.2 Å². The number of anilines is 2. The molecule has 4 N–H and O–H groups in total. The Kier molecular flexibility index (Phi) is 8.17. The van der Waals surface area contributed by atoms with Crippen LogP contribution in [-0.2, 0) is 4.74 Å². The van der Waals surface area contributed by atoms with E-state index in [2.05, 4.69) is 76.6 Å². The monoisotopic (exact) mass is 611 g/mol. The maximum Gasteiger partial charge on any atom is 0.354 e. The Morgan fingerprint density at radius 3 is 2.88 bits per heavy atom. The van der Waals surface area contributed by atoms with Crippen molar-refractivity contribution in [3.8, 4) is 0 Å². The largest absolute Gasteiger partial charge is 0.460 e. The Balaban J connectivity index is 1.28. The summed E-state index contributed by atoms with van der Waals surface area (Å²) < 4.78 is 6.74. The van der Waals surface area contributed by atoms with E-state index in [1.807, 2.05) is 0 Å². The van der Waals surface area contributed by atoms with Crippen molar-refractivity contribution in [2.75, 3.05) is 37.5 Å². The number of esters is 1. The first-order chi connectivity index (χ1) is 19.0. The van der Waals surface area contributed by atoms with E-state index in [-0.39, 0.29) is 16.8 Å². The molecule has 0 radical (unpaired) electrons. The third-order valence-corrected chi connectivity index (χ3v) is 10.4. The highest BCUT2D eigenvalue weighted by Crippen LogP contribution is 2.57. The summed E-state index contributed by atoms with van der Waals surface area (Å²) in [5.41, 5.74) is 12.3. The van der Waals surface area contributed by atoms with Gasteiger partial charge < -0.3 is 20.4 Å². The molecule has 0 aromatic carbocycles. The molecule has 0 saturated carbocycles. The summed E-state index contributed by atoms with van der Waals surface area (Å²) in [6.45, 7) is 11.6. The van der Waals surface area contributed by atoms with Crippen molar-refractivity contribution in [3.63, 3.8) is 0 Å². The Morgan fingerprint density at radius 2 is 2.12 bits per heavy atom. The van der Waals surface area contributed by atoms with Crippen LogP contribution >= 0.6 is 15.9 Å². The van der Waals surface area contributed by atoms with Crippen LogP contribution in [0, 0.1) is 16.7 Å². The van der Waals surface area contributed by atoms with E-state index >= 15 is 0 Å². The number of aromatic amines is 1. The summed E-state index contributed by atoms with van der Waals surface area (Å²) in [7, 11) is 2.12. The van der Waals surface area contributed by atoms with E-state index < -0.39 is 0 Å². The number of quaternary nitrogens is 1. The molecule has 0 fully saturated rings. The lowest BCUT2D eigenvalue weighted by molar-refractivity contribution is -0.805. The predicted molar refractivity (Wildman–Crippen MR) is 162 cm³/mol. The lowest BCUT2D eigenvalue weighted by Gasteiger charge is -2.50. The molecule has 4 atom stereocenters. The lowest BCUT2D eigenvalue weighted by atomic mass is 9.55. The zero-order chi connectivity index (χ0) is 28.7. The van der Waals surface area contributed by atoms with Crippen molar-refractivity contribution >= 4 is 39.2 Å². The molecule has 9 heteroatoms. The van der Waals surface area contributed by atoms with Gasteiger partial charge in [-0.05, 0) is 85.2 Å². The molecule has 216 valence electrons. The van der Waals surface area contributed by atoms with Gasteiger partial charge in [0, 0.05) is 22.6 Å². The Bertz CT molecular complexity index is 1330. The van der Waals surface area contributed by atoms with E-state index in [0.29, 0.717) is 24.0 Å². The summed E-state index contributed by atoms with van der Waals surface area (Å²) >= 11 is 3.40. The number of rotatable bonds is 8. The fourth-order valence-electron chi connectivity index (χ4n) is 7.16. The first-order valence-electron chi connectivity index (χ1n) is 14.6. The molecule has 0 saturated heterocycles. The van der Waals surface area contributed by atoms with Crippen molar-refractivity contribution < 1.29 is 14.4 Å². The summed E-state index contributed by atoms with van der Waals surface area (Å²) in [5, 5.41) is 0. The van der Waals surface area contributed by atoms with Gasteiger partial charge in [-0.25, -0.2) is 9.78 Å². The van der Waals surface area contributed by atoms with Crippen LogP contribution in [0.5, 0.6) is 0 Å². The minimum absolute atomic E-state index is 0.0984. The highest BCUT2D eigenvalue weighted by atomic mass is 79.9. The molecule has 5 rings (SSSR count). The first-order valence-corrected chi connectivity index (χ1v) is 15.4. The molecule has 2 aliphatic carbocycles. The van der Waals surface area contributed by atoms with Crippen LogP contribution in [0.3, 0.4) is 0 Å². The number of aromatic nitrogens is 3. The predicted octanol–water partition coefficient (Wildman–Crippen LogP) is 5.58. The topological polar surface area (TPSA) is 102 Å². The third-order valence-electron chi connectivity index (χ3n) is 9.94. The smallest absolute Gasteiger partial charge is 0.354 e. The van der Waals surface area contributed by atoms with E-state index in [9.17, 15) is 4.79 Å². The molecule has 0 bridgehead atoms. The van der Waals surface area contributed by atoms with Crippen molar-refractivity contribution in [2.24, 2.45) is 16.7 Å². The zero-order valence-electron chi connectivity index (χ0n) is 24.6. The van der Waals surface area contributed by atoms with Gasteiger partial charge in [-0.1, -0.05) is 43.6 Å². The first kappa shape index (κ1) is 28.9. The van der Waals surface area contributed by atoms with Crippen molar-refractivity contribution in [2.45, 2.75) is 72.6 Å². The lowest BCUT2D eigenvalue weighted by Crippen LogP contribution is -3.03.